The monoisotopic (exact) mass is 379 g/mol. The Balaban J connectivity index is 0.00000242. The zero-order chi connectivity index (χ0) is 15.2. The molecule has 1 aromatic heterocycles. The SMILES string of the molecule is CNC(C)CNC(=O)COc1ccc(Cl)c2cccnc12.Cl.Cl. The minimum atomic E-state index is -0.170. The molecule has 1 unspecified atom stereocenters. The van der Waals surface area contributed by atoms with Crippen LogP contribution in [0.5, 0.6) is 5.75 Å². The number of carbonyl (C=O) groups is 1. The molecule has 0 bridgehead atoms. The Hall–Kier alpha value is -1.27. The van der Waals surface area contributed by atoms with Gasteiger partial charge >= 0.3 is 0 Å². The van der Waals surface area contributed by atoms with Crippen LogP contribution in [0.3, 0.4) is 0 Å². The van der Waals surface area contributed by atoms with Gasteiger partial charge in [-0.1, -0.05) is 11.6 Å². The molecule has 8 heteroatoms. The van der Waals surface area contributed by atoms with Crippen molar-refractivity contribution >= 4 is 53.2 Å². The van der Waals surface area contributed by atoms with Gasteiger partial charge in [0.25, 0.3) is 5.91 Å². The van der Waals surface area contributed by atoms with Crippen molar-refractivity contribution in [3.05, 3.63) is 35.5 Å². The molecule has 0 spiro atoms. The highest BCUT2D eigenvalue weighted by Gasteiger charge is 2.09. The first-order valence-electron chi connectivity index (χ1n) is 6.72. The van der Waals surface area contributed by atoms with Crippen molar-refractivity contribution in [1.29, 1.82) is 0 Å². The number of nitrogens with one attached hydrogen (secondary N) is 2. The lowest BCUT2D eigenvalue weighted by atomic mass is 10.2. The molecule has 5 nitrogen and oxygen atoms in total. The highest BCUT2D eigenvalue weighted by molar-refractivity contribution is 6.35. The smallest absolute Gasteiger partial charge is 0.257 e. The molecule has 2 rings (SSSR count). The number of aromatic nitrogens is 1. The molecule has 128 valence electrons. The van der Waals surface area contributed by atoms with E-state index in [2.05, 4.69) is 15.6 Å². The van der Waals surface area contributed by atoms with Gasteiger partial charge in [0.1, 0.15) is 11.3 Å². The summed E-state index contributed by atoms with van der Waals surface area (Å²) in [7, 11) is 1.85. The van der Waals surface area contributed by atoms with Gasteiger partial charge in [0.2, 0.25) is 0 Å². The van der Waals surface area contributed by atoms with E-state index in [0.29, 0.717) is 22.8 Å². The van der Waals surface area contributed by atoms with Gasteiger partial charge in [-0.2, -0.15) is 0 Å². The van der Waals surface area contributed by atoms with Crippen LogP contribution in [0.15, 0.2) is 30.5 Å². The van der Waals surface area contributed by atoms with Crippen molar-refractivity contribution in [1.82, 2.24) is 15.6 Å². The topological polar surface area (TPSA) is 63.2 Å². The highest BCUT2D eigenvalue weighted by Crippen LogP contribution is 2.29. The van der Waals surface area contributed by atoms with Crippen molar-refractivity contribution in [2.24, 2.45) is 0 Å². The molecule has 0 radical (unpaired) electrons. The number of carbonyl (C=O) groups excluding carboxylic acids is 1. The first-order valence-corrected chi connectivity index (χ1v) is 7.09. The van der Waals surface area contributed by atoms with E-state index in [1.807, 2.05) is 26.1 Å². The average molecular weight is 381 g/mol. The third kappa shape index (κ3) is 6.03. The number of fused-ring (bicyclic) bond motifs is 1. The molecule has 23 heavy (non-hydrogen) atoms. The van der Waals surface area contributed by atoms with Gasteiger partial charge in [-0.15, -0.1) is 24.8 Å². The molecular formula is C15H20Cl3N3O2. The molecule has 0 saturated heterocycles. The Bertz CT molecular complexity index is 640. The number of likely N-dealkylation sites (N-methyl/N-ethyl adjacent to an activating group) is 1. The predicted molar refractivity (Wildman–Crippen MR) is 98.3 cm³/mol. The van der Waals surface area contributed by atoms with E-state index in [-0.39, 0.29) is 43.4 Å². The maximum Gasteiger partial charge on any atom is 0.257 e. The number of benzene rings is 1. The normalized spacial score (nSPS) is 11.1. The molecule has 0 saturated carbocycles. The summed E-state index contributed by atoms with van der Waals surface area (Å²) < 4.78 is 5.55. The molecule has 1 aromatic carbocycles. The molecule has 1 atom stereocenters. The molecule has 1 heterocycles. The predicted octanol–water partition coefficient (Wildman–Crippen LogP) is 2.83. The maximum atomic E-state index is 11.7. The molecule has 0 aliphatic heterocycles. The summed E-state index contributed by atoms with van der Waals surface area (Å²) in [4.78, 5) is 16.0. The van der Waals surface area contributed by atoms with Crippen LogP contribution < -0.4 is 15.4 Å². The largest absolute Gasteiger partial charge is 0.481 e. The Morgan fingerprint density at radius 3 is 2.78 bits per heavy atom. The van der Waals surface area contributed by atoms with Crippen LogP contribution in [-0.4, -0.2) is 37.1 Å². The number of pyridine rings is 1. The number of halogens is 3. The molecule has 0 fully saturated rings. The number of hydrogen-bond acceptors (Lipinski definition) is 4. The van der Waals surface area contributed by atoms with Crippen LogP contribution in [0, 0.1) is 0 Å². The van der Waals surface area contributed by atoms with Crippen molar-refractivity contribution in [3.8, 4) is 5.75 Å². The second-order valence-corrected chi connectivity index (χ2v) is 5.13. The second-order valence-electron chi connectivity index (χ2n) is 4.73. The van der Waals surface area contributed by atoms with Crippen LogP contribution in [0.1, 0.15) is 6.92 Å². The van der Waals surface area contributed by atoms with Crippen molar-refractivity contribution < 1.29 is 9.53 Å². The Kier molecular flexibility index (Phi) is 9.91. The van der Waals surface area contributed by atoms with Crippen LogP contribution in [0.4, 0.5) is 0 Å². The van der Waals surface area contributed by atoms with Crippen molar-refractivity contribution in [2.45, 2.75) is 13.0 Å². The van der Waals surface area contributed by atoms with Crippen LogP contribution in [0.2, 0.25) is 5.02 Å². The number of ether oxygens (including phenoxy) is 1. The lowest BCUT2D eigenvalue weighted by Crippen LogP contribution is -2.39. The Labute approximate surface area is 153 Å². The summed E-state index contributed by atoms with van der Waals surface area (Å²) in [5.74, 6) is 0.378. The maximum absolute atomic E-state index is 11.7. The standard InChI is InChI=1S/C15H18ClN3O2.2ClH/c1-10(17-2)8-19-14(20)9-21-13-6-5-12(16)11-4-3-7-18-15(11)13;;/h3-7,10,17H,8-9H2,1-2H3,(H,19,20);2*1H. The second kappa shape index (κ2) is 10.5. The summed E-state index contributed by atoms with van der Waals surface area (Å²) in [6.07, 6.45) is 1.67. The lowest BCUT2D eigenvalue weighted by Gasteiger charge is -2.12. The van der Waals surface area contributed by atoms with Crippen LogP contribution >= 0.6 is 36.4 Å². The number of hydrogen-bond donors (Lipinski definition) is 2. The van der Waals surface area contributed by atoms with Gasteiger partial charge in [-0.25, -0.2) is 0 Å². The third-order valence-corrected chi connectivity index (χ3v) is 3.47. The minimum Gasteiger partial charge on any atom is -0.481 e. The number of amides is 1. The first-order chi connectivity index (χ1) is 10.1. The van der Waals surface area contributed by atoms with E-state index >= 15 is 0 Å². The van der Waals surface area contributed by atoms with Gasteiger partial charge in [-0.05, 0) is 38.2 Å². The van der Waals surface area contributed by atoms with Gasteiger partial charge < -0.3 is 15.4 Å². The molecule has 0 aliphatic carbocycles. The van der Waals surface area contributed by atoms with Crippen LogP contribution in [0.25, 0.3) is 10.9 Å². The Morgan fingerprint density at radius 2 is 2.09 bits per heavy atom. The van der Waals surface area contributed by atoms with E-state index in [1.54, 1.807) is 18.3 Å². The molecule has 1 amide bonds. The Morgan fingerprint density at radius 1 is 1.35 bits per heavy atom. The first kappa shape index (κ1) is 21.7. The van der Waals surface area contributed by atoms with E-state index in [4.69, 9.17) is 16.3 Å². The van der Waals surface area contributed by atoms with Gasteiger partial charge in [0.15, 0.2) is 6.61 Å². The molecule has 2 N–H and O–H groups in total. The quantitative estimate of drug-likeness (QED) is 0.809. The van der Waals surface area contributed by atoms with Crippen LogP contribution in [-0.2, 0) is 4.79 Å². The minimum absolute atomic E-state index is 0. The molecular weight excluding hydrogens is 361 g/mol. The van der Waals surface area contributed by atoms with E-state index in [9.17, 15) is 4.79 Å². The summed E-state index contributed by atoms with van der Waals surface area (Å²) >= 11 is 6.11. The zero-order valence-electron chi connectivity index (χ0n) is 12.8. The van der Waals surface area contributed by atoms with Gasteiger partial charge in [-0.3, -0.25) is 9.78 Å². The van der Waals surface area contributed by atoms with Crippen molar-refractivity contribution in [2.75, 3.05) is 20.2 Å². The summed E-state index contributed by atoms with van der Waals surface area (Å²) in [6.45, 7) is 2.49. The molecule has 2 aromatic rings. The van der Waals surface area contributed by atoms with Gasteiger partial charge in [0, 0.05) is 24.2 Å². The number of nitrogens with zero attached hydrogens (tertiary/aromatic N) is 1. The number of rotatable bonds is 6. The molecule has 0 aliphatic rings. The van der Waals surface area contributed by atoms with Gasteiger partial charge in [0.05, 0.1) is 5.02 Å². The van der Waals surface area contributed by atoms with E-state index in [1.165, 1.54) is 0 Å². The van der Waals surface area contributed by atoms with Crippen molar-refractivity contribution in [3.63, 3.8) is 0 Å². The van der Waals surface area contributed by atoms with E-state index in [0.717, 1.165) is 5.39 Å². The summed E-state index contributed by atoms with van der Waals surface area (Å²) in [6, 6.07) is 7.35. The fourth-order valence-electron chi connectivity index (χ4n) is 1.79. The third-order valence-electron chi connectivity index (χ3n) is 3.14. The summed E-state index contributed by atoms with van der Waals surface area (Å²) in [5, 5.41) is 7.25. The average Bonchev–Trinajstić information content (AvgIpc) is 2.52. The van der Waals surface area contributed by atoms with E-state index < -0.39 is 0 Å². The lowest BCUT2D eigenvalue weighted by molar-refractivity contribution is -0.123. The zero-order valence-corrected chi connectivity index (χ0v) is 15.2. The fourth-order valence-corrected chi connectivity index (χ4v) is 2.01. The highest BCUT2D eigenvalue weighted by atomic mass is 35.5. The summed E-state index contributed by atoms with van der Waals surface area (Å²) in [5.41, 5.74) is 0.654. The fraction of sp³-hybridized carbons (Fsp3) is 0.333.